The summed E-state index contributed by atoms with van der Waals surface area (Å²) in [6, 6.07) is 12.1. The number of esters is 1. The number of nitrogens with zero attached hydrogens (tertiary/aromatic N) is 2. The molecule has 148 valence electrons. The van der Waals surface area contributed by atoms with E-state index >= 15 is 0 Å². The van der Waals surface area contributed by atoms with Gasteiger partial charge in [-0.15, -0.1) is 11.8 Å². The normalized spacial score (nSPS) is 15.5. The number of hydrogen-bond acceptors (Lipinski definition) is 7. The lowest BCUT2D eigenvalue weighted by molar-refractivity contribution is -0.146. The summed E-state index contributed by atoms with van der Waals surface area (Å²) in [4.78, 5) is 29.4. The minimum absolute atomic E-state index is 0.0866. The highest BCUT2D eigenvalue weighted by Gasteiger charge is 2.30. The number of carbonyl (C=O) groups excluding carboxylic acids is 2. The van der Waals surface area contributed by atoms with Crippen LogP contribution >= 0.6 is 35.0 Å². The summed E-state index contributed by atoms with van der Waals surface area (Å²) in [6.07, 6.45) is -0.0866. The van der Waals surface area contributed by atoms with Crippen molar-refractivity contribution in [1.82, 2.24) is 10.1 Å². The zero-order valence-electron chi connectivity index (χ0n) is 14.7. The van der Waals surface area contributed by atoms with Gasteiger partial charge in [-0.2, -0.15) is 4.98 Å². The monoisotopic (exact) mass is 449 g/mol. The second-order valence-electron chi connectivity index (χ2n) is 6.12. The van der Waals surface area contributed by atoms with E-state index < -0.39 is 11.2 Å². The van der Waals surface area contributed by atoms with E-state index in [1.54, 1.807) is 42.5 Å². The average Bonchev–Trinajstić information content (AvgIpc) is 3.17. The zero-order chi connectivity index (χ0) is 20.4. The third-order valence-electron chi connectivity index (χ3n) is 4.04. The van der Waals surface area contributed by atoms with Crippen LogP contribution < -0.4 is 5.32 Å². The molecule has 1 aromatic heterocycles. The Labute approximate surface area is 179 Å². The van der Waals surface area contributed by atoms with Gasteiger partial charge in [-0.1, -0.05) is 28.4 Å². The number of halogens is 2. The zero-order valence-corrected chi connectivity index (χ0v) is 17.1. The van der Waals surface area contributed by atoms with Gasteiger partial charge in [0.05, 0.1) is 17.4 Å². The number of thioether (sulfide) groups is 1. The molecule has 2 aromatic carbocycles. The molecule has 2 heterocycles. The quantitative estimate of drug-likeness (QED) is 0.569. The van der Waals surface area contributed by atoms with Crippen molar-refractivity contribution >= 4 is 52.5 Å². The van der Waals surface area contributed by atoms with Crippen LogP contribution in [0.5, 0.6) is 0 Å². The first-order valence-electron chi connectivity index (χ1n) is 8.49. The van der Waals surface area contributed by atoms with Crippen LogP contribution in [0.1, 0.15) is 12.3 Å². The number of rotatable bonds is 5. The fourth-order valence-electron chi connectivity index (χ4n) is 2.64. The van der Waals surface area contributed by atoms with Crippen LogP contribution in [-0.2, 0) is 20.9 Å². The van der Waals surface area contributed by atoms with Gasteiger partial charge in [-0.25, -0.2) is 0 Å². The molecule has 10 heteroatoms. The molecule has 1 N–H and O–H groups in total. The number of fused-ring (bicyclic) bond motifs is 1. The summed E-state index contributed by atoms with van der Waals surface area (Å²) >= 11 is 13.1. The Morgan fingerprint density at radius 1 is 1.17 bits per heavy atom. The van der Waals surface area contributed by atoms with E-state index in [0.717, 1.165) is 10.5 Å². The van der Waals surface area contributed by atoms with Gasteiger partial charge in [0.25, 0.3) is 5.89 Å². The molecular formula is C19H13Cl2N3O4S. The van der Waals surface area contributed by atoms with Crippen LogP contribution in [0.4, 0.5) is 5.69 Å². The van der Waals surface area contributed by atoms with E-state index in [0.29, 0.717) is 21.6 Å². The lowest BCUT2D eigenvalue weighted by Gasteiger charge is -2.23. The second kappa shape index (κ2) is 8.44. The predicted octanol–water partition coefficient (Wildman–Crippen LogP) is 4.59. The van der Waals surface area contributed by atoms with E-state index in [-0.39, 0.29) is 24.8 Å². The maximum absolute atomic E-state index is 12.2. The van der Waals surface area contributed by atoms with Gasteiger partial charge in [0.2, 0.25) is 11.7 Å². The van der Waals surface area contributed by atoms with Crippen molar-refractivity contribution in [3.8, 4) is 11.4 Å². The predicted molar refractivity (Wildman–Crippen MR) is 109 cm³/mol. The summed E-state index contributed by atoms with van der Waals surface area (Å²) < 4.78 is 10.3. The van der Waals surface area contributed by atoms with Gasteiger partial charge in [-0.05, 0) is 42.5 Å². The number of aromatic nitrogens is 2. The third kappa shape index (κ3) is 4.72. The van der Waals surface area contributed by atoms with Crippen molar-refractivity contribution in [2.75, 3.05) is 5.32 Å². The molecule has 0 saturated heterocycles. The van der Waals surface area contributed by atoms with Gasteiger partial charge in [0, 0.05) is 20.5 Å². The number of nitrogens with one attached hydrogen (secondary N) is 1. The molecule has 1 aliphatic rings. The van der Waals surface area contributed by atoms with Crippen molar-refractivity contribution in [2.45, 2.75) is 23.2 Å². The Balaban J connectivity index is 1.33. The van der Waals surface area contributed by atoms with Crippen molar-refractivity contribution < 1.29 is 18.8 Å². The first-order valence-corrected chi connectivity index (χ1v) is 10.1. The Hall–Kier alpha value is -2.55. The summed E-state index contributed by atoms with van der Waals surface area (Å²) in [5.41, 5.74) is 1.36. The van der Waals surface area contributed by atoms with Gasteiger partial charge in [0.1, 0.15) is 0 Å². The number of amides is 1. The van der Waals surface area contributed by atoms with Crippen molar-refractivity contribution in [2.24, 2.45) is 0 Å². The second-order valence-corrected chi connectivity index (χ2v) is 8.24. The fourth-order valence-corrected chi connectivity index (χ4v) is 4.01. The Bertz CT molecular complexity index is 1070. The molecular weight excluding hydrogens is 437 g/mol. The molecule has 1 aliphatic heterocycles. The molecule has 0 saturated carbocycles. The molecule has 0 aliphatic carbocycles. The van der Waals surface area contributed by atoms with Crippen molar-refractivity contribution in [3.05, 3.63) is 58.4 Å². The molecule has 1 atom stereocenters. The van der Waals surface area contributed by atoms with Gasteiger partial charge < -0.3 is 14.6 Å². The average molecular weight is 450 g/mol. The summed E-state index contributed by atoms with van der Waals surface area (Å²) in [6.45, 7) is -0.176. The van der Waals surface area contributed by atoms with E-state index in [4.69, 9.17) is 32.5 Å². The lowest BCUT2D eigenvalue weighted by atomic mass is 10.2. The molecule has 29 heavy (non-hydrogen) atoms. The minimum Gasteiger partial charge on any atom is -0.456 e. The third-order valence-corrected chi connectivity index (χ3v) is 5.80. The van der Waals surface area contributed by atoms with E-state index in [1.165, 1.54) is 11.8 Å². The number of anilines is 1. The Kier molecular flexibility index (Phi) is 5.75. The van der Waals surface area contributed by atoms with Gasteiger partial charge in [-0.3, -0.25) is 9.59 Å². The highest BCUT2D eigenvalue weighted by Crippen LogP contribution is 2.38. The first-order chi connectivity index (χ1) is 14.0. The SMILES string of the molecule is O=C(CC1Sc2ccc(Cl)cc2NC1=O)OCc1nc(-c2ccc(Cl)cc2)no1. The standard InChI is InChI=1S/C19H13Cl2N3O4S/c20-11-3-1-10(2-4-11)18-23-16(28-24-18)9-27-17(25)8-15-19(26)22-13-7-12(21)5-6-14(13)29-15/h1-7,15H,8-9H2,(H,22,26). The van der Waals surface area contributed by atoms with Crippen molar-refractivity contribution in [3.63, 3.8) is 0 Å². The fraction of sp³-hybridized carbons (Fsp3) is 0.158. The number of ether oxygens (including phenoxy) is 1. The van der Waals surface area contributed by atoms with Crippen LogP contribution in [0.25, 0.3) is 11.4 Å². The number of benzene rings is 2. The van der Waals surface area contributed by atoms with Crippen LogP contribution in [0.15, 0.2) is 51.9 Å². The molecule has 0 fully saturated rings. The van der Waals surface area contributed by atoms with Crippen LogP contribution in [-0.4, -0.2) is 27.3 Å². The number of hydrogen-bond donors (Lipinski definition) is 1. The Morgan fingerprint density at radius 3 is 2.72 bits per heavy atom. The molecule has 3 aromatic rings. The largest absolute Gasteiger partial charge is 0.456 e. The van der Waals surface area contributed by atoms with Crippen LogP contribution in [0.2, 0.25) is 10.0 Å². The van der Waals surface area contributed by atoms with Gasteiger partial charge in [0.15, 0.2) is 6.61 Å². The Morgan fingerprint density at radius 2 is 1.93 bits per heavy atom. The molecule has 0 bridgehead atoms. The van der Waals surface area contributed by atoms with E-state index in [2.05, 4.69) is 15.5 Å². The molecule has 7 nitrogen and oxygen atoms in total. The highest BCUT2D eigenvalue weighted by atomic mass is 35.5. The molecule has 0 spiro atoms. The van der Waals surface area contributed by atoms with E-state index in [9.17, 15) is 9.59 Å². The number of carbonyl (C=O) groups is 2. The molecule has 1 unspecified atom stereocenters. The molecule has 1 amide bonds. The highest BCUT2D eigenvalue weighted by molar-refractivity contribution is 8.01. The maximum Gasteiger partial charge on any atom is 0.307 e. The minimum atomic E-state index is -0.594. The van der Waals surface area contributed by atoms with Crippen LogP contribution in [0, 0.1) is 0 Å². The summed E-state index contributed by atoms with van der Waals surface area (Å²) in [7, 11) is 0. The topological polar surface area (TPSA) is 94.3 Å². The molecule has 4 rings (SSSR count). The molecule has 0 radical (unpaired) electrons. The maximum atomic E-state index is 12.2. The smallest absolute Gasteiger partial charge is 0.307 e. The first kappa shape index (κ1) is 19.8. The summed E-state index contributed by atoms with van der Waals surface area (Å²) in [5, 5.41) is 7.14. The van der Waals surface area contributed by atoms with E-state index in [1.807, 2.05) is 0 Å². The summed E-state index contributed by atoms with van der Waals surface area (Å²) in [5.74, 6) is -0.292. The van der Waals surface area contributed by atoms with Crippen LogP contribution in [0.3, 0.4) is 0 Å². The lowest BCUT2D eigenvalue weighted by Crippen LogP contribution is -2.31. The van der Waals surface area contributed by atoms with Gasteiger partial charge >= 0.3 is 5.97 Å². The van der Waals surface area contributed by atoms with Crippen molar-refractivity contribution in [1.29, 1.82) is 0 Å².